The summed E-state index contributed by atoms with van der Waals surface area (Å²) in [7, 11) is 2.88. The van der Waals surface area contributed by atoms with Crippen molar-refractivity contribution in [2.24, 2.45) is 11.3 Å². The van der Waals surface area contributed by atoms with E-state index in [9.17, 15) is 19.2 Å². The van der Waals surface area contributed by atoms with Gasteiger partial charge in [0.2, 0.25) is 11.8 Å². The number of hydrogen-bond acceptors (Lipinski definition) is 6. The third kappa shape index (κ3) is 4.01. The molecule has 2 bridgehead atoms. The predicted molar refractivity (Wildman–Crippen MR) is 133 cm³/mol. The number of ether oxygens (including phenoxy) is 1. The van der Waals surface area contributed by atoms with Crippen LogP contribution in [-0.2, 0) is 22.6 Å². The lowest BCUT2D eigenvalue weighted by molar-refractivity contribution is -0.159. The van der Waals surface area contributed by atoms with Crippen LogP contribution in [0.15, 0.2) is 47.3 Å². The summed E-state index contributed by atoms with van der Waals surface area (Å²) in [6.07, 6.45) is 1.16. The number of carbonyl (C=O) groups excluding carboxylic acids is 3. The first-order valence-electron chi connectivity index (χ1n) is 12.5. The van der Waals surface area contributed by atoms with E-state index in [0.717, 1.165) is 33.2 Å². The van der Waals surface area contributed by atoms with E-state index in [4.69, 9.17) is 4.74 Å². The van der Waals surface area contributed by atoms with Crippen molar-refractivity contribution in [1.29, 1.82) is 0 Å². The number of hydrogen-bond donors (Lipinski definition) is 0. The number of imide groups is 2. The van der Waals surface area contributed by atoms with Gasteiger partial charge in [-0.2, -0.15) is 0 Å². The monoisotopic (exact) mass is 492 g/mol. The topological polar surface area (TPSA) is 92.2 Å². The molecular formula is C27H32N4O5. The first-order valence-corrected chi connectivity index (χ1v) is 12.5. The van der Waals surface area contributed by atoms with Crippen LogP contribution in [0.25, 0.3) is 0 Å². The standard InChI is InChI=1S/C27H32N4O5/c1-4-36-21-10-8-18(9-11-21)13-27(24(33)28(2)26(35)29(3)25(27)34)17-30-14-19-12-20(16-30)22-6-5-7-23(32)31(22)15-19/h5-11,19-20H,4,12-17H2,1-3H3/t19-,20+/m0/s1. The predicted octanol–water partition coefficient (Wildman–Crippen LogP) is 1.95. The smallest absolute Gasteiger partial charge is 0.332 e. The molecule has 1 aromatic carbocycles. The number of carbonyl (C=O) groups is 3. The maximum absolute atomic E-state index is 13.7. The van der Waals surface area contributed by atoms with Gasteiger partial charge in [0.25, 0.3) is 5.56 Å². The summed E-state index contributed by atoms with van der Waals surface area (Å²) in [4.78, 5) is 56.7. The Morgan fingerprint density at radius 1 is 0.917 bits per heavy atom. The van der Waals surface area contributed by atoms with Crippen LogP contribution < -0.4 is 10.3 Å². The summed E-state index contributed by atoms with van der Waals surface area (Å²) in [5.74, 6) is 0.178. The summed E-state index contributed by atoms with van der Waals surface area (Å²) < 4.78 is 7.40. The second-order valence-corrected chi connectivity index (χ2v) is 10.2. The van der Waals surface area contributed by atoms with Gasteiger partial charge in [0.1, 0.15) is 11.2 Å². The van der Waals surface area contributed by atoms with Gasteiger partial charge in [-0.1, -0.05) is 18.2 Å². The number of amides is 4. The minimum atomic E-state index is -1.42. The highest BCUT2D eigenvalue weighted by molar-refractivity contribution is 6.19. The van der Waals surface area contributed by atoms with Crippen LogP contribution in [0, 0.1) is 11.3 Å². The molecule has 3 aliphatic heterocycles. The SMILES string of the molecule is CCOc1ccc(CC2(CN3C[C@@H]4C[C@H](C3)c3cccc(=O)n3C4)C(=O)N(C)C(=O)N(C)C2=O)cc1. The maximum atomic E-state index is 13.7. The molecule has 190 valence electrons. The lowest BCUT2D eigenvalue weighted by atomic mass is 9.75. The highest BCUT2D eigenvalue weighted by Crippen LogP contribution is 2.39. The molecule has 1 aromatic heterocycles. The van der Waals surface area contributed by atoms with E-state index < -0.39 is 23.3 Å². The lowest BCUT2D eigenvalue weighted by Gasteiger charge is -2.48. The average Bonchev–Trinajstić information content (AvgIpc) is 2.87. The molecule has 0 spiro atoms. The van der Waals surface area contributed by atoms with E-state index in [0.29, 0.717) is 26.2 Å². The number of likely N-dealkylation sites (tertiary alicyclic amines) is 1. The van der Waals surface area contributed by atoms with Crippen LogP contribution in [0.2, 0.25) is 0 Å². The number of fused-ring (bicyclic) bond motifs is 4. The molecule has 9 nitrogen and oxygen atoms in total. The van der Waals surface area contributed by atoms with Gasteiger partial charge >= 0.3 is 6.03 Å². The van der Waals surface area contributed by atoms with Crippen LogP contribution in [0.3, 0.4) is 0 Å². The number of pyridine rings is 1. The number of rotatable bonds is 6. The molecule has 2 fully saturated rings. The van der Waals surface area contributed by atoms with E-state index in [1.165, 1.54) is 14.1 Å². The summed E-state index contributed by atoms with van der Waals surface area (Å²) >= 11 is 0. The van der Waals surface area contributed by atoms with Gasteiger partial charge < -0.3 is 14.2 Å². The highest BCUT2D eigenvalue weighted by Gasteiger charge is 2.56. The second-order valence-electron chi connectivity index (χ2n) is 10.2. The number of nitrogens with zero attached hydrogens (tertiary/aromatic N) is 4. The van der Waals surface area contributed by atoms with E-state index in [2.05, 4.69) is 4.90 Å². The van der Waals surface area contributed by atoms with Crippen LogP contribution in [0.5, 0.6) is 5.75 Å². The Hall–Kier alpha value is -3.46. The van der Waals surface area contributed by atoms with E-state index in [-0.39, 0.29) is 30.4 Å². The Balaban J connectivity index is 1.48. The maximum Gasteiger partial charge on any atom is 0.332 e. The fourth-order valence-corrected chi connectivity index (χ4v) is 6.20. The van der Waals surface area contributed by atoms with Crippen molar-refractivity contribution in [2.75, 3.05) is 40.3 Å². The molecule has 5 rings (SSSR count). The fourth-order valence-electron chi connectivity index (χ4n) is 6.20. The Labute approximate surface area is 210 Å². The first-order chi connectivity index (χ1) is 17.2. The molecule has 0 radical (unpaired) electrons. The minimum absolute atomic E-state index is 0.0158. The Morgan fingerprint density at radius 2 is 1.61 bits per heavy atom. The van der Waals surface area contributed by atoms with Crippen LogP contribution in [0.4, 0.5) is 4.79 Å². The zero-order valence-electron chi connectivity index (χ0n) is 21.0. The Kier molecular flexibility index (Phi) is 6.20. The molecule has 0 N–H and O–H groups in total. The molecule has 0 saturated carbocycles. The van der Waals surface area contributed by atoms with Gasteiger partial charge in [-0.3, -0.25) is 24.2 Å². The zero-order valence-corrected chi connectivity index (χ0v) is 21.0. The first kappa shape index (κ1) is 24.2. The molecule has 36 heavy (non-hydrogen) atoms. The molecular weight excluding hydrogens is 460 g/mol. The molecule has 3 aliphatic rings. The molecule has 2 atom stereocenters. The highest BCUT2D eigenvalue weighted by atomic mass is 16.5. The van der Waals surface area contributed by atoms with Crippen molar-refractivity contribution in [1.82, 2.24) is 19.3 Å². The molecule has 4 amide bonds. The van der Waals surface area contributed by atoms with Gasteiger partial charge in [-0.05, 0) is 49.4 Å². The van der Waals surface area contributed by atoms with Crippen molar-refractivity contribution < 1.29 is 19.1 Å². The lowest BCUT2D eigenvalue weighted by Crippen LogP contribution is -2.67. The van der Waals surface area contributed by atoms with Gasteiger partial charge in [0.05, 0.1) is 6.61 Å². The van der Waals surface area contributed by atoms with Gasteiger partial charge in [-0.25, -0.2) is 4.79 Å². The largest absolute Gasteiger partial charge is 0.494 e. The van der Waals surface area contributed by atoms with Crippen molar-refractivity contribution >= 4 is 17.8 Å². The van der Waals surface area contributed by atoms with Gasteiger partial charge in [0, 0.05) is 58.0 Å². The van der Waals surface area contributed by atoms with E-state index >= 15 is 0 Å². The molecule has 0 aliphatic carbocycles. The van der Waals surface area contributed by atoms with Crippen LogP contribution in [-0.4, -0.2) is 77.4 Å². The number of aromatic nitrogens is 1. The van der Waals surface area contributed by atoms with Gasteiger partial charge in [0.15, 0.2) is 0 Å². The average molecular weight is 493 g/mol. The Morgan fingerprint density at radius 3 is 2.28 bits per heavy atom. The van der Waals surface area contributed by atoms with Crippen molar-refractivity contribution in [3.63, 3.8) is 0 Å². The van der Waals surface area contributed by atoms with Crippen LogP contribution >= 0.6 is 0 Å². The normalized spacial score (nSPS) is 23.6. The number of barbiturate groups is 1. The molecule has 2 saturated heterocycles. The number of benzene rings is 1. The molecule has 9 heteroatoms. The third-order valence-corrected chi connectivity index (χ3v) is 7.79. The van der Waals surface area contributed by atoms with Crippen molar-refractivity contribution in [3.05, 3.63) is 64.1 Å². The fraction of sp³-hybridized carbons (Fsp3) is 0.481. The second kappa shape index (κ2) is 9.20. The molecule has 2 aromatic rings. The summed E-state index contributed by atoms with van der Waals surface area (Å²) in [6.45, 7) is 4.63. The number of urea groups is 1. The van der Waals surface area contributed by atoms with Gasteiger partial charge in [-0.15, -0.1) is 0 Å². The quantitative estimate of drug-likeness (QED) is 0.573. The van der Waals surface area contributed by atoms with Crippen LogP contribution in [0.1, 0.15) is 30.5 Å². The summed E-state index contributed by atoms with van der Waals surface area (Å²) in [5.41, 5.74) is 0.425. The zero-order chi connectivity index (χ0) is 25.6. The summed E-state index contributed by atoms with van der Waals surface area (Å²) in [5, 5.41) is 0. The molecule has 4 heterocycles. The van der Waals surface area contributed by atoms with Crippen molar-refractivity contribution in [2.45, 2.75) is 32.2 Å². The minimum Gasteiger partial charge on any atom is -0.494 e. The number of piperidine rings is 1. The van der Waals surface area contributed by atoms with Crippen molar-refractivity contribution in [3.8, 4) is 5.75 Å². The third-order valence-electron chi connectivity index (χ3n) is 7.79. The summed E-state index contributed by atoms with van der Waals surface area (Å²) in [6, 6.07) is 12.2. The Bertz CT molecular complexity index is 1230. The molecule has 0 unspecified atom stereocenters. The van der Waals surface area contributed by atoms with E-state index in [1.807, 2.05) is 41.8 Å². The van der Waals surface area contributed by atoms with E-state index in [1.54, 1.807) is 12.1 Å².